The number of Topliss-reactive ketones (excluding diaryl/α,β-unsaturated/α-hetero) is 2. The fraction of sp³-hybridized carbons (Fsp3) is 0.138. The van der Waals surface area contributed by atoms with Gasteiger partial charge in [-0.15, -0.1) is 0 Å². The first-order chi connectivity index (χ1) is 16.9. The molecule has 0 amide bonds. The summed E-state index contributed by atoms with van der Waals surface area (Å²) in [6.07, 6.45) is 0. The highest BCUT2D eigenvalue weighted by atomic mass is 35.5. The van der Waals surface area contributed by atoms with Crippen LogP contribution in [0.1, 0.15) is 35.7 Å². The van der Waals surface area contributed by atoms with Crippen LogP contribution in [0, 0.1) is 11.3 Å². The van der Waals surface area contributed by atoms with Gasteiger partial charge in [0.1, 0.15) is 0 Å². The summed E-state index contributed by atoms with van der Waals surface area (Å²) in [6.45, 7) is 3.32. The van der Waals surface area contributed by atoms with Gasteiger partial charge in [0.2, 0.25) is 0 Å². The lowest BCUT2D eigenvalue weighted by Gasteiger charge is -2.29. The molecule has 4 nitrogen and oxygen atoms in total. The van der Waals surface area contributed by atoms with Crippen LogP contribution in [0.15, 0.2) is 101 Å². The zero-order valence-corrected chi connectivity index (χ0v) is 20.9. The zero-order valence-electron chi connectivity index (χ0n) is 19.3. The quantitative estimate of drug-likeness (QED) is 0.358. The lowest BCUT2D eigenvalue weighted by Crippen LogP contribution is -2.27. The summed E-state index contributed by atoms with van der Waals surface area (Å²) in [5.41, 5.74) is 5.18. The lowest BCUT2D eigenvalue weighted by atomic mass is 9.81. The minimum absolute atomic E-state index is 0.0387. The number of benzene rings is 3. The first-order valence-corrected chi connectivity index (χ1v) is 12.5. The molecular weight excluding hydrogens is 476 g/mol. The topological polar surface area (TPSA) is 70.0 Å². The Balaban J connectivity index is 1.57. The Kier molecular flexibility index (Phi) is 7.55. The van der Waals surface area contributed by atoms with Crippen molar-refractivity contribution in [2.24, 2.45) is 0 Å². The Morgan fingerprint density at radius 1 is 0.971 bits per heavy atom. The van der Waals surface area contributed by atoms with E-state index in [9.17, 15) is 14.9 Å². The van der Waals surface area contributed by atoms with Crippen molar-refractivity contribution in [1.82, 2.24) is 5.32 Å². The van der Waals surface area contributed by atoms with Gasteiger partial charge in [-0.1, -0.05) is 90.1 Å². The van der Waals surface area contributed by atoms with E-state index in [2.05, 4.69) is 11.4 Å². The van der Waals surface area contributed by atoms with Gasteiger partial charge >= 0.3 is 0 Å². The number of carbonyl (C=O) groups excluding carboxylic acids is 2. The van der Waals surface area contributed by atoms with Crippen LogP contribution in [0.3, 0.4) is 0 Å². The molecule has 0 aliphatic carbocycles. The maximum Gasteiger partial charge on any atom is 0.173 e. The van der Waals surface area contributed by atoms with Crippen LogP contribution in [-0.2, 0) is 4.79 Å². The number of nitrogens with one attached hydrogen (secondary N) is 1. The van der Waals surface area contributed by atoms with Crippen molar-refractivity contribution in [3.05, 3.63) is 117 Å². The molecule has 1 aliphatic rings. The molecule has 1 N–H and O–H groups in total. The van der Waals surface area contributed by atoms with E-state index in [1.165, 1.54) is 18.7 Å². The Morgan fingerprint density at radius 3 is 2.20 bits per heavy atom. The van der Waals surface area contributed by atoms with Gasteiger partial charge in [0.25, 0.3) is 0 Å². The molecule has 0 bridgehead atoms. The number of ketones is 2. The number of rotatable bonds is 7. The molecule has 3 aromatic carbocycles. The normalized spacial score (nSPS) is 15.4. The highest BCUT2D eigenvalue weighted by Crippen LogP contribution is 2.41. The fourth-order valence-electron chi connectivity index (χ4n) is 4.18. The van der Waals surface area contributed by atoms with Crippen molar-refractivity contribution in [1.29, 1.82) is 5.26 Å². The predicted octanol–water partition coefficient (Wildman–Crippen LogP) is 6.91. The third-order valence-electron chi connectivity index (χ3n) is 5.89. The van der Waals surface area contributed by atoms with Crippen molar-refractivity contribution in [3.8, 4) is 17.2 Å². The molecule has 35 heavy (non-hydrogen) atoms. The third kappa shape index (κ3) is 5.40. The number of thioether (sulfide) groups is 1. The van der Waals surface area contributed by atoms with Gasteiger partial charge in [0.05, 0.1) is 28.3 Å². The second kappa shape index (κ2) is 10.8. The van der Waals surface area contributed by atoms with E-state index in [0.29, 0.717) is 32.5 Å². The highest BCUT2D eigenvalue weighted by Gasteiger charge is 2.33. The monoisotopic (exact) mass is 498 g/mol. The Morgan fingerprint density at radius 2 is 1.60 bits per heavy atom. The summed E-state index contributed by atoms with van der Waals surface area (Å²) < 4.78 is 0. The molecule has 0 fully saturated rings. The summed E-state index contributed by atoms with van der Waals surface area (Å²) in [5, 5.41) is 14.4. The largest absolute Gasteiger partial charge is 0.353 e. The smallest absolute Gasteiger partial charge is 0.173 e. The molecule has 1 heterocycles. The zero-order chi connectivity index (χ0) is 24.9. The van der Waals surface area contributed by atoms with Crippen LogP contribution in [-0.4, -0.2) is 17.3 Å². The van der Waals surface area contributed by atoms with Crippen molar-refractivity contribution >= 4 is 34.9 Å². The number of hydrogen-bond acceptors (Lipinski definition) is 5. The molecule has 1 aliphatic heterocycles. The number of dihydropyridines is 1. The Bertz CT molecular complexity index is 1370. The van der Waals surface area contributed by atoms with E-state index in [0.717, 1.165) is 16.7 Å². The SMILES string of the molecule is CC(=O)C1=C(C)NC(SCC(=O)c2ccc(-c3ccccc3)cc2)=C(C#N)[C@H]1c1ccc(Cl)cc1. The minimum Gasteiger partial charge on any atom is -0.353 e. The van der Waals surface area contributed by atoms with Gasteiger partial charge in [0, 0.05) is 21.9 Å². The van der Waals surface area contributed by atoms with E-state index in [-0.39, 0.29) is 17.3 Å². The maximum absolute atomic E-state index is 12.9. The van der Waals surface area contributed by atoms with Gasteiger partial charge < -0.3 is 5.32 Å². The Hall–Kier alpha value is -3.59. The molecular formula is C29H23ClN2O2S. The van der Waals surface area contributed by atoms with Crippen LogP contribution in [0.25, 0.3) is 11.1 Å². The number of carbonyl (C=O) groups is 2. The molecule has 6 heteroatoms. The van der Waals surface area contributed by atoms with Crippen molar-refractivity contribution < 1.29 is 9.59 Å². The van der Waals surface area contributed by atoms with Gasteiger partial charge in [-0.3, -0.25) is 9.59 Å². The van der Waals surface area contributed by atoms with Crippen molar-refractivity contribution in [3.63, 3.8) is 0 Å². The van der Waals surface area contributed by atoms with Gasteiger partial charge in [-0.2, -0.15) is 5.26 Å². The maximum atomic E-state index is 12.9. The number of nitrogens with zero attached hydrogens (tertiary/aromatic N) is 1. The minimum atomic E-state index is -0.515. The molecule has 0 unspecified atom stereocenters. The highest BCUT2D eigenvalue weighted by molar-refractivity contribution is 8.03. The van der Waals surface area contributed by atoms with Crippen LogP contribution in [0.2, 0.25) is 5.02 Å². The van der Waals surface area contributed by atoms with Crippen LogP contribution in [0.5, 0.6) is 0 Å². The summed E-state index contributed by atoms with van der Waals surface area (Å²) in [7, 11) is 0. The average Bonchev–Trinajstić information content (AvgIpc) is 2.87. The molecule has 0 aromatic heterocycles. The first kappa shape index (κ1) is 24.5. The van der Waals surface area contributed by atoms with E-state index >= 15 is 0 Å². The second-order valence-corrected chi connectivity index (χ2v) is 9.64. The number of halogens is 1. The van der Waals surface area contributed by atoms with E-state index < -0.39 is 5.92 Å². The van der Waals surface area contributed by atoms with Crippen LogP contribution in [0.4, 0.5) is 0 Å². The average molecular weight is 499 g/mol. The molecule has 4 rings (SSSR count). The summed E-state index contributed by atoms with van der Waals surface area (Å²) >= 11 is 7.33. The first-order valence-electron chi connectivity index (χ1n) is 11.1. The number of allylic oxidation sites excluding steroid dienone is 3. The molecule has 3 aromatic rings. The molecule has 174 valence electrons. The van der Waals surface area contributed by atoms with Gasteiger partial charge in [-0.05, 0) is 42.7 Å². The Labute approximate surface area is 214 Å². The van der Waals surface area contributed by atoms with Gasteiger partial charge in [-0.25, -0.2) is 0 Å². The fourth-order valence-corrected chi connectivity index (χ4v) is 5.29. The predicted molar refractivity (Wildman–Crippen MR) is 142 cm³/mol. The third-order valence-corrected chi connectivity index (χ3v) is 7.16. The molecule has 1 atom stereocenters. The van der Waals surface area contributed by atoms with E-state index in [1.807, 2.05) is 73.7 Å². The van der Waals surface area contributed by atoms with E-state index in [4.69, 9.17) is 11.6 Å². The van der Waals surface area contributed by atoms with Crippen LogP contribution < -0.4 is 5.32 Å². The van der Waals surface area contributed by atoms with Crippen LogP contribution >= 0.6 is 23.4 Å². The van der Waals surface area contributed by atoms with Crippen molar-refractivity contribution in [2.75, 3.05) is 5.75 Å². The number of hydrogen-bond donors (Lipinski definition) is 1. The molecule has 0 radical (unpaired) electrons. The summed E-state index contributed by atoms with van der Waals surface area (Å²) in [4.78, 5) is 25.4. The molecule has 0 saturated heterocycles. The second-order valence-electron chi connectivity index (χ2n) is 8.21. The van der Waals surface area contributed by atoms with E-state index in [1.54, 1.807) is 12.1 Å². The summed E-state index contributed by atoms with van der Waals surface area (Å²) in [6, 6.07) is 26.9. The number of nitriles is 1. The standard InChI is InChI=1S/C29H23ClN2O2S/c1-18-27(19(2)33)28(23-12-14-24(30)15-13-23)25(16-31)29(32-18)35-17-26(34)22-10-8-21(9-11-22)20-6-4-3-5-7-20/h3-15,28,32H,17H2,1-2H3/t28-/m1/s1. The van der Waals surface area contributed by atoms with Crippen molar-refractivity contribution in [2.45, 2.75) is 19.8 Å². The molecule has 0 saturated carbocycles. The molecule has 0 spiro atoms. The van der Waals surface area contributed by atoms with Gasteiger partial charge in [0.15, 0.2) is 11.6 Å². The lowest BCUT2D eigenvalue weighted by molar-refractivity contribution is -0.113. The summed E-state index contributed by atoms with van der Waals surface area (Å²) in [5.74, 6) is -0.503.